The van der Waals surface area contributed by atoms with Crippen LogP contribution in [0.1, 0.15) is 31.3 Å². The van der Waals surface area contributed by atoms with Crippen molar-refractivity contribution >= 4 is 22.7 Å². The quantitative estimate of drug-likeness (QED) is 0.883. The van der Waals surface area contributed by atoms with Crippen LogP contribution >= 0.6 is 22.7 Å². The number of rotatable bonds is 6. The summed E-state index contributed by atoms with van der Waals surface area (Å²) in [5.41, 5.74) is 0. The van der Waals surface area contributed by atoms with E-state index in [2.05, 4.69) is 29.4 Å². The van der Waals surface area contributed by atoms with Crippen molar-refractivity contribution < 1.29 is 4.74 Å². The third-order valence-electron chi connectivity index (χ3n) is 2.53. The van der Waals surface area contributed by atoms with Crippen molar-refractivity contribution in [3.63, 3.8) is 0 Å². The first-order valence-electron chi connectivity index (χ1n) is 5.94. The number of ether oxygens (including phenoxy) is 1. The summed E-state index contributed by atoms with van der Waals surface area (Å²) in [4.78, 5) is 1.11. The summed E-state index contributed by atoms with van der Waals surface area (Å²) in [6.07, 6.45) is 1.12. The molecule has 0 aliphatic heterocycles. The highest BCUT2D eigenvalue weighted by molar-refractivity contribution is 7.20. The molecule has 1 N–H and O–H groups in total. The van der Waals surface area contributed by atoms with Crippen molar-refractivity contribution in [3.8, 4) is 15.6 Å². The summed E-state index contributed by atoms with van der Waals surface area (Å²) < 4.78 is 5.18. The average Bonchev–Trinajstić information content (AvgIpc) is 3.03. The molecule has 0 fully saturated rings. The topological polar surface area (TPSA) is 47.0 Å². The standard InChI is InChI=1S/C12H17N3OS2/c1-4-5-13-8(2)11-14-15-12(18-11)10-6-9(16-3)7-17-10/h6-8,13H,4-5H2,1-3H3. The molecule has 0 spiro atoms. The van der Waals surface area contributed by atoms with Crippen LogP contribution in [0.15, 0.2) is 11.4 Å². The van der Waals surface area contributed by atoms with E-state index in [0.29, 0.717) is 0 Å². The first-order chi connectivity index (χ1) is 8.74. The zero-order valence-electron chi connectivity index (χ0n) is 10.8. The Morgan fingerprint density at radius 3 is 2.94 bits per heavy atom. The normalized spacial score (nSPS) is 12.6. The largest absolute Gasteiger partial charge is 0.496 e. The van der Waals surface area contributed by atoms with Gasteiger partial charge in [-0.3, -0.25) is 0 Å². The van der Waals surface area contributed by atoms with Gasteiger partial charge < -0.3 is 10.1 Å². The maximum absolute atomic E-state index is 5.18. The van der Waals surface area contributed by atoms with E-state index < -0.39 is 0 Å². The van der Waals surface area contributed by atoms with Gasteiger partial charge in [0.05, 0.1) is 18.0 Å². The Labute approximate surface area is 115 Å². The number of hydrogen-bond donors (Lipinski definition) is 1. The van der Waals surface area contributed by atoms with Crippen LogP contribution in [0, 0.1) is 0 Å². The zero-order valence-corrected chi connectivity index (χ0v) is 12.4. The van der Waals surface area contributed by atoms with E-state index >= 15 is 0 Å². The van der Waals surface area contributed by atoms with Crippen LogP contribution in [0.5, 0.6) is 5.75 Å². The molecule has 0 saturated heterocycles. The van der Waals surface area contributed by atoms with Crippen LogP contribution in [0.4, 0.5) is 0 Å². The van der Waals surface area contributed by atoms with Crippen LogP contribution in [0.3, 0.4) is 0 Å². The lowest BCUT2D eigenvalue weighted by Gasteiger charge is -2.08. The Morgan fingerprint density at radius 1 is 1.44 bits per heavy atom. The Morgan fingerprint density at radius 2 is 2.28 bits per heavy atom. The van der Waals surface area contributed by atoms with Gasteiger partial charge in [0.15, 0.2) is 5.01 Å². The molecule has 0 aromatic carbocycles. The van der Waals surface area contributed by atoms with Crippen LogP contribution < -0.4 is 10.1 Å². The van der Waals surface area contributed by atoms with E-state index in [1.165, 1.54) is 0 Å². The van der Waals surface area contributed by atoms with Crippen molar-refractivity contribution in [3.05, 3.63) is 16.5 Å². The predicted molar refractivity (Wildman–Crippen MR) is 76.5 cm³/mol. The lowest BCUT2D eigenvalue weighted by atomic mass is 10.3. The summed E-state index contributed by atoms with van der Waals surface area (Å²) in [5.74, 6) is 0.879. The third kappa shape index (κ3) is 3.07. The number of nitrogens with zero attached hydrogens (tertiary/aromatic N) is 2. The van der Waals surface area contributed by atoms with Gasteiger partial charge in [-0.25, -0.2) is 0 Å². The van der Waals surface area contributed by atoms with Crippen LogP contribution in [0.25, 0.3) is 9.88 Å². The van der Waals surface area contributed by atoms with Gasteiger partial charge in [-0.05, 0) is 19.9 Å². The molecule has 1 unspecified atom stereocenters. The maximum atomic E-state index is 5.18. The minimum Gasteiger partial charge on any atom is -0.496 e. The fourth-order valence-electron chi connectivity index (χ4n) is 1.50. The zero-order chi connectivity index (χ0) is 13.0. The first-order valence-corrected chi connectivity index (χ1v) is 7.64. The van der Waals surface area contributed by atoms with E-state index in [-0.39, 0.29) is 6.04 Å². The third-order valence-corrected chi connectivity index (χ3v) is 4.72. The van der Waals surface area contributed by atoms with Gasteiger partial charge in [0, 0.05) is 11.4 Å². The smallest absolute Gasteiger partial charge is 0.158 e. The van der Waals surface area contributed by atoms with E-state index in [1.54, 1.807) is 29.8 Å². The SMILES string of the molecule is CCCNC(C)c1nnc(-c2cc(OC)cs2)s1. The fourth-order valence-corrected chi connectivity index (χ4v) is 3.28. The molecular formula is C12H17N3OS2. The summed E-state index contributed by atoms with van der Waals surface area (Å²) in [6, 6.07) is 2.26. The van der Waals surface area contributed by atoms with E-state index in [9.17, 15) is 0 Å². The maximum Gasteiger partial charge on any atom is 0.158 e. The molecule has 0 radical (unpaired) electrons. The van der Waals surface area contributed by atoms with Crippen LogP contribution in [-0.2, 0) is 0 Å². The lowest BCUT2D eigenvalue weighted by Crippen LogP contribution is -2.18. The molecule has 0 aliphatic rings. The Hall–Kier alpha value is -0.980. The molecule has 0 bridgehead atoms. The second kappa shape index (κ2) is 6.26. The highest BCUT2D eigenvalue weighted by Crippen LogP contribution is 2.33. The minimum absolute atomic E-state index is 0.262. The van der Waals surface area contributed by atoms with Crippen molar-refractivity contribution in [2.24, 2.45) is 0 Å². The molecule has 2 aromatic heterocycles. The molecule has 6 heteroatoms. The predicted octanol–water partition coefficient (Wildman–Crippen LogP) is 3.34. The molecule has 4 nitrogen and oxygen atoms in total. The molecule has 2 heterocycles. The highest BCUT2D eigenvalue weighted by atomic mass is 32.1. The van der Waals surface area contributed by atoms with E-state index in [0.717, 1.165) is 33.6 Å². The molecule has 18 heavy (non-hydrogen) atoms. The van der Waals surface area contributed by atoms with Crippen molar-refractivity contribution in [2.45, 2.75) is 26.3 Å². The summed E-state index contributed by atoms with van der Waals surface area (Å²) >= 11 is 3.27. The highest BCUT2D eigenvalue weighted by Gasteiger charge is 2.13. The van der Waals surface area contributed by atoms with Crippen molar-refractivity contribution in [2.75, 3.05) is 13.7 Å². The Bertz CT molecular complexity index is 495. The first kappa shape index (κ1) is 13.5. The van der Waals surface area contributed by atoms with Crippen LogP contribution in [0.2, 0.25) is 0 Å². The molecule has 2 rings (SSSR count). The molecule has 0 amide bonds. The van der Waals surface area contributed by atoms with Crippen LogP contribution in [-0.4, -0.2) is 23.9 Å². The summed E-state index contributed by atoms with van der Waals surface area (Å²) in [7, 11) is 1.67. The van der Waals surface area contributed by atoms with Crippen molar-refractivity contribution in [1.29, 1.82) is 0 Å². The number of nitrogens with one attached hydrogen (secondary N) is 1. The molecule has 2 aromatic rings. The summed E-state index contributed by atoms with van der Waals surface area (Å²) in [6.45, 7) is 5.28. The van der Waals surface area contributed by atoms with Gasteiger partial charge >= 0.3 is 0 Å². The number of aromatic nitrogens is 2. The van der Waals surface area contributed by atoms with E-state index in [1.807, 2.05) is 11.4 Å². The summed E-state index contributed by atoms with van der Waals surface area (Å²) in [5, 5.41) is 15.9. The average molecular weight is 283 g/mol. The van der Waals surface area contributed by atoms with Gasteiger partial charge in [-0.1, -0.05) is 18.3 Å². The number of hydrogen-bond acceptors (Lipinski definition) is 6. The Kier molecular flexibility index (Phi) is 4.68. The van der Waals surface area contributed by atoms with Gasteiger partial charge in [-0.15, -0.1) is 21.5 Å². The van der Waals surface area contributed by atoms with Gasteiger partial charge in [0.2, 0.25) is 0 Å². The molecular weight excluding hydrogens is 266 g/mol. The molecule has 0 saturated carbocycles. The monoisotopic (exact) mass is 283 g/mol. The molecule has 1 atom stereocenters. The van der Waals surface area contributed by atoms with Gasteiger partial charge in [0.1, 0.15) is 10.8 Å². The second-order valence-electron chi connectivity index (χ2n) is 3.97. The second-order valence-corrected chi connectivity index (χ2v) is 5.89. The molecule has 98 valence electrons. The van der Waals surface area contributed by atoms with Gasteiger partial charge in [-0.2, -0.15) is 0 Å². The molecule has 0 aliphatic carbocycles. The number of thiophene rings is 1. The van der Waals surface area contributed by atoms with Gasteiger partial charge in [0.25, 0.3) is 0 Å². The lowest BCUT2D eigenvalue weighted by molar-refractivity contribution is 0.417. The van der Waals surface area contributed by atoms with E-state index in [4.69, 9.17) is 4.74 Å². The number of methoxy groups -OCH3 is 1. The fraction of sp³-hybridized carbons (Fsp3) is 0.500. The van der Waals surface area contributed by atoms with Crippen molar-refractivity contribution in [1.82, 2.24) is 15.5 Å². The Balaban J connectivity index is 2.09. The minimum atomic E-state index is 0.262.